The maximum Gasteiger partial charge on any atom is 0.174 e. The Morgan fingerprint density at radius 3 is 2.69 bits per heavy atom. The predicted octanol–water partition coefficient (Wildman–Crippen LogP) is 1.75. The molecule has 0 aliphatic carbocycles. The van der Waals surface area contributed by atoms with Crippen LogP contribution in [0, 0.1) is 0 Å². The molecule has 16 heavy (non-hydrogen) atoms. The standard InChI is InChI=1S/C12H16N2OS/c1-2-4-8-5-3-6-9(11(8)14)7-10(13)12(15)16/h2-3,5-6,10H,1,4,7,13-14H2,(H,15,16). The van der Waals surface area contributed by atoms with Crippen molar-refractivity contribution in [3.63, 3.8) is 0 Å². The first-order valence-electron chi connectivity index (χ1n) is 5.01. The normalized spacial score (nSPS) is 12.1. The third-order valence-corrected chi connectivity index (χ3v) is 2.71. The lowest BCUT2D eigenvalue weighted by molar-refractivity contribution is 0.529. The van der Waals surface area contributed by atoms with Crippen molar-refractivity contribution in [2.45, 2.75) is 18.9 Å². The first kappa shape index (κ1) is 12.7. The molecule has 0 aromatic heterocycles. The second kappa shape index (κ2) is 5.63. The molecule has 1 atom stereocenters. The van der Waals surface area contributed by atoms with Gasteiger partial charge in [0.15, 0.2) is 5.05 Å². The topological polar surface area (TPSA) is 72.3 Å². The van der Waals surface area contributed by atoms with E-state index < -0.39 is 6.04 Å². The molecule has 0 spiro atoms. The highest BCUT2D eigenvalue weighted by atomic mass is 32.1. The van der Waals surface area contributed by atoms with Crippen LogP contribution >= 0.6 is 12.2 Å². The monoisotopic (exact) mass is 236 g/mol. The number of allylic oxidation sites excluding steroid dienone is 1. The van der Waals surface area contributed by atoms with E-state index >= 15 is 0 Å². The summed E-state index contributed by atoms with van der Waals surface area (Å²) in [5.41, 5.74) is 14.3. The van der Waals surface area contributed by atoms with E-state index in [4.69, 9.17) is 16.6 Å². The molecule has 86 valence electrons. The van der Waals surface area contributed by atoms with Crippen LogP contribution < -0.4 is 11.5 Å². The summed E-state index contributed by atoms with van der Waals surface area (Å²) < 4.78 is 0. The molecule has 4 heteroatoms. The summed E-state index contributed by atoms with van der Waals surface area (Å²) in [4.78, 5) is 0. The Labute approximate surface area is 101 Å². The van der Waals surface area contributed by atoms with Gasteiger partial charge in [-0.25, -0.2) is 0 Å². The van der Waals surface area contributed by atoms with E-state index in [9.17, 15) is 0 Å². The number of nitrogen functional groups attached to an aromatic ring is 1. The molecule has 0 saturated heterocycles. The highest BCUT2D eigenvalue weighted by molar-refractivity contribution is 7.80. The van der Waals surface area contributed by atoms with E-state index in [0.717, 1.165) is 17.5 Å². The molecule has 0 aliphatic heterocycles. The summed E-state index contributed by atoms with van der Waals surface area (Å²) in [6, 6.07) is 5.21. The van der Waals surface area contributed by atoms with Gasteiger partial charge in [-0.05, 0) is 36.2 Å². The smallest absolute Gasteiger partial charge is 0.174 e. The molecular weight excluding hydrogens is 220 g/mol. The van der Waals surface area contributed by atoms with E-state index in [2.05, 4.69) is 18.8 Å². The number of para-hydroxylation sites is 1. The number of hydrogen-bond acceptors (Lipinski definition) is 3. The van der Waals surface area contributed by atoms with Gasteiger partial charge in [-0.2, -0.15) is 0 Å². The largest absolute Gasteiger partial charge is 0.501 e. The summed E-state index contributed by atoms with van der Waals surface area (Å²) in [5.74, 6) is 0. The molecule has 0 aliphatic rings. The molecule has 5 N–H and O–H groups in total. The summed E-state index contributed by atoms with van der Waals surface area (Å²) in [7, 11) is 0. The van der Waals surface area contributed by atoms with Gasteiger partial charge >= 0.3 is 0 Å². The predicted molar refractivity (Wildman–Crippen MR) is 71.7 cm³/mol. The van der Waals surface area contributed by atoms with Gasteiger partial charge in [0, 0.05) is 5.69 Å². The Bertz CT molecular complexity index is 404. The van der Waals surface area contributed by atoms with Gasteiger partial charge in [0.25, 0.3) is 0 Å². The zero-order chi connectivity index (χ0) is 12.1. The average molecular weight is 236 g/mol. The minimum atomic E-state index is -0.545. The number of anilines is 1. The van der Waals surface area contributed by atoms with Crippen LogP contribution in [0.1, 0.15) is 11.1 Å². The van der Waals surface area contributed by atoms with Gasteiger partial charge in [0.1, 0.15) is 0 Å². The fourth-order valence-corrected chi connectivity index (χ4v) is 1.59. The summed E-state index contributed by atoms with van der Waals surface area (Å²) in [6.07, 6.45) is 2.97. The van der Waals surface area contributed by atoms with Crippen LogP contribution in [0.2, 0.25) is 0 Å². The molecule has 0 bridgehead atoms. The molecule has 1 aromatic rings. The fraction of sp³-hybridized carbons (Fsp3) is 0.250. The minimum absolute atomic E-state index is 0.187. The minimum Gasteiger partial charge on any atom is -0.501 e. The first-order chi connectivity index (χ1) is 7.56. The molecule has 1 aromatic carbocycles. The van der Waals surface area contributed by atoms with E-state index in [0.29, 0.717) is 12.1 Å². The number of hydrogen-bond donors (Lipinski definition) is 3. The van der Waals surface area contributed by atoms with Crippen molar-refractivity contribution >= 4 is 23.0 Å². The number of rotatable bonds is 5. The van der Waals surface area contributed by atoms with Crippen LogP contribution in [0.25, 0.3) is 0 Å². The van der Waals surface area contributed by atoms with E-state index in [1.807, 2.05) is 18.2 Å². The molecular formula is C12H16N2OS. The molecule has 0 saturated carbocycles. The summed E-state index contributed by atoms with van der Waals surface area (Å²) >= 11 is 4.62. The lowest BCUT2D eigenvalue weighted by Gasteiger charge is -2.13. The zero-order valence-corrected chi connectivity index (χ0v) is 9.83. The first-order valence-corrected chi connectivity index (χ1v) is 5.42. The van der Waals surface area contributed by atoms with Crippen LogP contribution in [-0.2, 0) is 12.8 Å². The Morgan fingerprint density at radius 1 is 1.50 bits per heavy atom. The van der Waals surface area contributed by atoms with Crippen molar-refractivity contribution in [3.8, 4) is 0 Å². The molecule has 0 amide bonds. The highest BCUT2D eigenvalue weighted by Gasteiger charge is 2.11. The number of thiocarbonyl (C=S) groups is 1. The quantitative estimate of drug-likeness (QED) is 0.414. The van der Waals surface area contributed by atoms with Crippen molar-refractivity contribution < 1.29 is 5.11 Å². The average Bonchev–Trinajstić information content (AvgIpc) is 2.24. The maximum atomic E-state index is 9.10. The molecule has 3 nitrogen and oxygen atoms in total. The number of aliphatic hydroxyl groups is 1. The molecule has 1 unspecified atom stereocenters. The third kappa shape index (κ3) is 3.05. The fourth-order valence-electron chi connectivity index (χ4n) is 1.50. The van der Waals surface area contributed by atoms with Gasteiger partial charge < -0.3 is 16.6 Å². The Kier molecular flexibility index (Phi) is 4.46. The van der Waals surface area contributed by atoms with Crippen molar-refractivity contribution in [1.29, 1.82) is 0 Å². The second-order valence-electron chi connectivity index (χ2n) is 3.63. The van der Waals surface area contributed by atoms with Crippen LogP contribution in [0.4, 0.5) is 5.69 Å². The van der Waals surface area contributed by atoms with Gasteiger partial charge in [0.2, 0.25) is 0 Å². The highest BCUT2D eigenvalue weighted by Crippen LogP contribution is 2.19. The Hall–Kier alpha value is -1.39. The van der Waals surface area contributed by atoms with E-state index in [1.54, 1.807) is 6.08 Å². The number of nitrogens with two attached hydrogens (primary N) is 2. The second-order valence-corrected chi connectivity index (χ2v) is 4.05. The third-order valence-electron chi connectivity index (χ3n) is 2.41. The van der Waals surface area contributed by atoms with Gasteiger partial charge in [-0.15, -0.1) is 6.58 Å². The van der Waals surface area contributed by atoms with Crippen LogP contribution in [-0.4, -0.2) is 16.2 Å². The van der Waals surface area contributed by atoms with Crippen molar-refractivity contribution in [3.05, 3.63) is 42.0 Å². The van der Waals surface area contributed by atoms with Crippen LogP contribution in [0.5, 0.6) is 0 Å². The lowest BCUT2D eigenvalue weighted by Crippen LogP contribution is -2.31. The maximum absolute atomic E-state index is 9.10. The Morgan fingerprint density at radius 2 is 2.12 bits per heavy atom. The molecule has 0 fully saturated rings. The number of aliphatic hydroxyl groups excluding tert-OH is 1. The van der Waals surface area contributed by atoms with Crippen molar-refractivity contribution in [2.75, 3.05) is 5.73 Å². The number of benzene rings is 1. The van der Waals surface area contributed by atoms with Gasteiger partial charge in [-0.3, -0.25) is 0 Å². The Balaban J connectivity index is 2.92. The van der Waals surface area contributed by atoms with Crippen LogP contribution in [0.3, 0.4) is 0 Å². The van der Waals surface area contributed by atoms with Crippen molar-refractivity contribution in [2.24, 2.45) is 5.73 Å². The molecule has 1 rings (SSSR count). The van der Waals surface area contributed by atoms with Crippen molar-refractivity contribution in [1.82, 2.24) is 0 Å². The summed E-state index contributed by atoms with van der Waals surface area (Å²) in [6.45, 7) is 3.67. The van der Waals surface area contributed by atoms with Gasteiger partial charge in [-0.1, -0.05) is 24.3 Å². The van der Waals surface area contributed by atoms with E-state index in [-0.39, 0.29) is 5.05 Å². The molecule has 0 radical (unpaired) electrons. The zero-order valence-electron chi connectivity index (χ0n) is 9.02. The lowest BCUT2D eigenvalue weighted by atomic mass is 10.00. The summed E-state index contributed by atoms with van der Waals surface area (Å²) in [5, 5.41) is 8.91. The molecule has 0 heterocycles. The van der Waals surface area contributed by atoms with E-state index in [1.165, 1.54) is 0 Å². The van der Waals surface area contributed by atoms with Gasteiger partial charge in [0.05, 0.1) is 6.04 Å². The van der Waals surface area contributed by atoms with Crippen LogP contribution in [0.15, 0.2) is 30.9 Å². The SMILES string of the molecule is C=CCc1cccc(CC(N)C(O)=S)c1N.